The molecule has 13 heavy (non-hydrogen) atoms. The van der Waals surface area contributed by atoms with E-state index in [1.807, 2.05) is 6.92 Å². The molecule has 0 spiro atoms. The maximum Gasteiger partial charge on any atom is 0.283 e. The van der Waals surface area contributed by atoms with Gasteiger partial charge in [-0.1, -0.05) is 15.9 Å². The summed E-state index contributed by atoms with van der Waals surface area (Å²) in [6.45, 7) is 2.41. The van der Waals surface area contributed by atoms with E-state index in [1.54, 1.807) is 6.08 Å². The third kappa shape index (κ3) is 2.70. The molecule has 0 fully saturated rings. The molecule has 0 aromatic carbocycles. The molecule has 1 amide bonds. The summed E-state index contributed by atoms with van der Waals surface area (Å²) < 4.78 is 10.5. The van der Waals surface area contributed by atoms with Crippen LogP contribution in [0, 0.1) is 0 Å². The molecule has 4 nitrogen and oxygen atoms in total. The van der Waals surface area contributed by atoms with E-state index in [-0.39, 0.29) is 10.6 Å². The number of hydrogen-bond donors (Lipinski definition) is 1. The van der Waals surface area contributed by atoms with Crippen molar-refractivity contribution in [2.24, 2.45) is 5.73 Å². The molecule has 0 aromatic heterocycles. The number of nitrogens with two attached hydrogens (primary N) is 1. The van der Waals surface area contributed by atoms with Crippen LogP contribution in [0.1, 0.15) is 13.3 Å². The van der Waals surface area contributed by atoms with Gasteiger partial charge in [-0.15, -0.1) is 0 Å². The van der Waals surface area contributed by atoms with Gasteiger partial charge in [0.25, 0.3) is 5.91 Å². The lowest BCUT2D eigenvalue weighted by Crippen LogP contribution is -2.33. The van der Waals surface area contributed by atoms with E-state index in [4.69, 9.17) is 15.2 Å². The zero-order chi connectivity index (χ0) is 9.84. The van der Waals surface area contributed by atoms with Crippen molar-refractivity contribution >= 4 is 21.8 Å². The number of carbonyl (C=O) groups is 1. The van der Waals surface area contributed by atoms with E-state index < -0.39 is 12.2 Å². The number of primary amides is 1. The van der Waals surface area contributed by atoms with E-state index >= 15 is 0 Å². The molecule has 2 N–H and O–H groups in total. The number of rotatable bonds is 3. The fourth-order valence-electron chi connectivity index (χ4n) is 1.04. The predicted molar refractivity (Wildman–Crippen MR) is 51.1 cm³/mol. The first-order valence-electron chi connectivity index (χ1n) is 4.07. The Morgan fingerprint density at radius 3 is 3.15 bits per heavy atom. The predicted octanol–water partition coefficient (Wildman–Crippen LogP) is 0.902. The van der Waals surface area contributed by atoms with Gasteiger partial charge in [0, 0.05) is 6.61 Å². The molecule has 0 bridgehead atoms. The standard InChI is InChI=1S/C8H12BrNO3/c1-2-12-8-5(9)3-4-6(13-8)7(10)11/h4-5,8H,2-3H2,1H3,(H2,10,11)/t5-,8+/m0/s1. The van der Waals surface area contributed by atoms with Crippen LogP contribution in [-0.4, -0.2) is 23.6 Å². The van der Waals surface area contributed by atoms with Crippen molar-refractivity contribution in [2.75, 3.05) is 6.61 Å². The van der Waals surface area contributed by atoms with Crippen molar-refractivity contribution in [3.8, 4) is 0 Å². The molecule has 0 radical (unpaired) electrons. The van der Waals surface area contributed by atoms with Gasteiger partial charge >= 0.3 is 0 Å². The Hall–Kier alpha value is -0.550. The molecule has 0 saturated heterocycles. The summed E-state index contributed by atoms with van der Waals surface area (Å²) in [4.78, 5) is 10.8. The topological polar surface area (TPSA) is 61.6 Å². The molecular formula is C8H12BrNO3. The summed E-state index contributed by atoms with van der Waals surface area (Å²) in [6, 6.07) is 0. The van der Waals surface area contributed by atoms with Crippen LogP contribution in [0.3, 0.4) is 0 Å². The van der Waals surface area contributed by atoms with Gasteiger partial charge in [0.15, 0.2) is 5.76 Å². The van der Waals surface area contributed by atoms with Gasteiger partial charge < -0.3 is 15.2 Å². The summed E-state index contributed by atoms with van der Waals surface area (Å²) >= 11 is 3.39. The van der Waals surface area contributed by atoms with E-state index in [2.05, 4.69) is 15.9 Å². The average Bonchev–Trinajstić information content (AvgIpc) is 2.08. The zero-order valence-corrected chi connectivity index (χ0v) is 8.91. The zero-order valence-electron chi connectivity index (χ0n) is 7.33. The molecule has 1 heterocycles. The Morgan fingerprint density at radius 2 is 2.62 bits per heavy atom. The summed E-state index contributed by atoms with van der Waals surface area (Å²) in [7, 11) is 0. The molecule has 5 heteroatoms. The maximum atomic E-state index is 10.8. The lowest BCUT2D eigenvalue weighted by atomic mass is 10.2. The second-order valence-electron chi connectivity index (χ2n) is 2.63. The second-order valence-corrected chi connectivity index (χ2v) is 3.80. The van der Waals surface area contributed by atoms with Gasteiger partial charge in [-0.25, -0.2) is 0 Å². The Bertz CT molecular complexity index is 229. The second kappa shape index (κ2) is 4.62. The monoisotopic (exact) mass is 249 g/mol. The van der Waals surface area contributed by atoms with Crippen LogP contribution in [0.25, 0.3) is 0 Å². The van der Waals surface area contributed by atoms with Gasteiger partial charge in [-0.2, -0.15) is 0 Å². The highest BCUT2D eigenvalue weighted by Crippen LogP contribution is 2.23. The van der Waals surface area contributed by atoms with Crippen molar-refractivity contribution in [1.82, 2.24) is 0 Å². The molecule has 0 aliphatic carbocycles. The molecule has 74 valence electrons. The van der Waals surface area contributed by atoms with Gasteiger partial charge in [-0.3, -0.25) is 4.79 Å². The van der Waals surface area contributed by atoms with E-state index in [0.29, 0.717) is 13.0 Å². The van der Waals surface area contributed by atoms with E-state index in [0.717, 1.165) is 0 Å². The number of hydrogen-bond acceptors (Lipinski definition) is 3. The minimum Gasteiger partial charge on any atom is -0.458 e. The fourth-order valence-corrected chi connectivity index (χ4v) is 1.49. The van der Waals surface area contributed by atoms with Crippen molar-refractivity contribution in [3.63, 3.8) is 0 Å². The van der Waals surface area contributed by atoms with Gasteiger partial charge in [-0.05, 0) is 19.4 Å². The van der Waals surface area contributed by atoms with Crippen LogP contribution in [-0.2, 0) is 14.3 Å². The quantitative estimate of drug-likeness (QED) is 0.757. The maximum absolute atomic E-state index is 10.8. The normalized spacial score (nSPS) is 27.7. The molecule has 2 atom stereocenters. The number of halogens is 1. The van der Waals surface area contributed by atoms with E-state index in [1.165, 1.54) is 0 Å². The van der Waals surface area contributed by atoms with Gasteiger partial charge in [0.2, 0.25) is 6.29 Å². The van der Waals surface area contributed by atoms with Gasteiger partial charge in [0.05, 0.1) is 4.83 Å². The Kier molecular flexibility index (Phi) is 3.74. The fraction of sp³-hybridized carbons (Fsp3) is 0.625. The van der Waals surface area contributed by atoms with Crippen LogP contribution >= 0.6 is 15.9 Å². The molecular weight excluding hydrogens is 238 g/mol. The van der Waals surface area contributed by atoms with Crippen LogP contribution in [0.4, 0.5) is 0 Å². The Labute approximate surface area is 85.2 Å². The number of amides is 1. The lowest BCUT2D eigenvalue weighted by molar-refractivity contribution is -0.138. The van der Waals surface area contributed by atoms with Crippen LogP contribution in [0.5, 0.6) is 0 Å². The van der Waals surface area contributed by atoms with Crippen molar-refractivity contribution in [2.45, 2.75) is 24.5 Å². The van der Waals surface area contributed by atoms with Crippen LogP contribution in [0.2, 0.25) is 0 Å². The molecule has 1 aliphatic rings. The molecule has 0 unspecified atom stereocenters. The highest BCUT2D eigenvalue weighted by Gasteiger charge is 2.27. The highest BCUT2D eigenvalue weighted by atomic mass is 79.9. The highest BCUT2D eigenvalue weighted by molar-refractivity contribution is 9.09. The SMILES string of the molecule is CCO[C@@H]1OC(C(N)=O)=CC[C@@H]1Br. The minimum absolute atomic E-state index is 0.0792. The number of ether oxygens (including phenoxy) is 2. The summed E-state index contributed by atoms with van der Waals surface area (Å²) in [5, 5.41) is 0. The minimum atomic E-state index is -0.552. The van der Waals surface area contributed by atoms with E-state index in [9.17, 15) is 4.79 Å². The lowest BCUT2D eigenvalue weighted by Gasteiger charge is -2.26. The summed E-state index contributed by atoms with van der Waals surface area (Å²) in [5.74, 6) is -0.363. The number of carbonyl (C=O) groups excluding carboxylic acids is 1. The number of allylic oxidation sites excluding steroid dienone is 1. The first-order valence-corrected chi connectivity index (χ1v) is 4.99. The largest absolute Gasteiger partial charge is 0.458 e. The summed E-state index contributed by atoms with van der Waals surface area (Å²) in [5.41, 5.74) is 5.07. The van der Waals surface area contributed by atoms with Crippen LogP contribution in [0.15, 0.2) is 11.8 Å². The first-order chi connectivity index (χ1) is 6.15. The number of alkyl halides is 1. The average molecular weight is 250 g/mol. The van der Waals surface area contributed by atoms with Crippen LogP contribution < -0.4 is 5.73 Å². The Balaban J connectivity index is 2.60. The summed E-state index contributed by atoms with van der Waals surface area (Å²) in [6.07, 6.45) is 1.93. The molecule has 0 aromatic rings. The van der Waals surface area contributed by atoms with Crippen molar-refractivity contribution < 1.29 is 14.3 Å². The Morgan fingerprint density at radius 1 is 1.92 bits per heavy atom. The third-order valence-corrected chi connectivity index (χ3v) is 2.45. The smallest absolute Gasteiger partial charge is 0.283 e. The van der Waals surface area contributed by atoms with Crippen molar-refractivity contribution in [1.29, 1.82) is 0 Å². The van der Waals surface area contributed by atoms with Crippen molar-refractivity contribution in [3.05, 3.63) is 11.8 Å². The van der Waals surface area contributed by atoms with Gasteiger partial charge in [0.1, 0.15) is 0 Å². The molecule has 1 rings (SSSR count). The molecule has 1 aliphatic heterocycles. The molecule has 0 saturated carbocycles. The first kappa shape index (κ1) is 10.5. The third-order valence-electron chi connectivity index (χ3n) is 1.64.